The number of carbonyl (C=O) groups excluding carboxylic acids is 1. The van der Waals surface area contributed by atoms with Gasteiger partial charge >= 0.3 is 12.3 Å². The number of halogens is 4. The van der Waals surface area contributed by atoms with Gasteiger partial charge < -0.3 is 9.47 Å². The number of alkyl halides is 3. The van der Waals surface area contributed by atoms with Crippen LogP contribution >= 0.6 is 22.6 Å². The molecule has 0 N–H and O–H groups in total. The van der Waals surface area contributed by atoms with Crippen LogP contribution in [0.15, 0.2) is 12.1 Å². The predicted octanol–water partition coefficient (Wildman–Crippen LogP) is 3.17. The summed E-state index contributed by atoms with van der Waals surface area (Å²) in [6.07, 6.45) is -5.27. The molecular weight excluding hydrogens is 390 g/mol. The Morgan fingerprint density at radius 2 is 2.10 bits per heavy atom. The first-order valence-corrected chi connectivity index (χ1v) is 6.49. The molecule has 0 spiro atoms. The standard InChI is InChI=1S/C12H9F3INO3/c1-2-19-9(18)5-7-3-4-8(6-17)10(16)11(7)20-12(13,14)15/h3-4H,2,5H2,1H3. The highest BCUT2D eigenvalue weighted by atomic mass is 127. The molecule has 0 aliphatic heterocycles. The van der Waals surface area contributed by atoms with Gasteiger partial charge in [-0.15, -0.1) is 13.2 Å². The molecule has 0 bridgehead atoms. The highest BCUT2D eigenvalue weighted by molar-refractivity contribution is 14.1. The van der Waals surface area contributed by atoms with Gasteiger partial charge in [0.15, 0.2) is 0 Å². The van der Waals surface area contributed by atoms with Gasteiger partial charge in [0, 0.05) is 5.56 Å². The summed E-state index contributed by atoms with van der Waals surface area (Å²) in [5.74, 6) is -1.20. The molecule has 0 aliphatic rings. The third-order valence-corrected chi connectivity index (χ3v) is 3.23. The summed E-state index contributed by atoms with van der Waals surface area (Å²) in [5, 5.41) is 8.81. The van der Waals surface area contributed by atoms with Crippen molar-refractivity contribution in [2.75, 3.05) is 6.61 Å². The zero-order valence-corrected chi connectivity index (χ0v) is 12.4. The zero-order chi connectivity index (χ0) is 15.3. The van der Waals surface area contributed by atoms with Gasteiger partial charge in [0.1, 0.15) is 11.8 Å². The van der Waals surface area contributed by atoms with E-state index >= 15 is 0 Å². The third kappa shape index (κ3) is 4.56. The summed E-state index contributed by atoms with van der Waals surface area (Å²) in [6, 6.07) is 4.34. The number of ether oxygens (including phenoxy) is 2. The molecule has 8 heteroatoms. The van der Waals surface area contributed by atoms with E-state index in [0.717, 1.165) is 0 Å². The van der Waals surface area contributed by atoms with Crippen molar-refractivity contribution >= 4 is 28.6 Å². The number of rotatable bonds is 4. The van der Waals surface area contributed by atoms with Gasteiger partial charge in [0.25, 0.3) is 0 Å². The summed E-state index contributed by atoms with van der Waals surface area (Å²) in [4.78, 5) is 11.4. The molecule has 0 radical (unpaired) electrons. The fourth-order valence-electron chi connectivity index (χ4n) is 1.42. The Morgan fingerprint density at radius 3 is 2.60 bits per heavy atom. The first-order valence-electron chi connectivity index (χ1n) is 5.41. The topological polar surface area (TPSA) is 59.3 Å². The summed E-state index contributed by atoms with van der Waals surface area (Å²) in [6.45, 7) is 1.72. The Balaban J connectivity index is 3.20. The monoisotopic (exact) mass is 399 g/mol. The van der Waals surface area contributed by atoms with Gasteiger partial charge in [-0.1, -0.05) is 6.07 Å². The minimum absolute atomic E-state index is 0.00391. The third-order valence-electron chi connectivity index (χ3n) is 2.16. The van der Waals surface area contributed by atoms with Crippen molar-refractivity contribution in [1.82, 2.24) is 0 Å². The van der Waals surface area contributed by atoms with Crippen LogP contribution in [0.3, 0.4) is 0 Å². The van der Waals surface area contributed by atoms with Gasteiger partial charge in [-0.05, 0) is 35.6 Å². The summed E-state index contributed by atoms with van der Waals surface area (Å²) >= 11 is 1.58. The normalized spacial score (nSPS) is 10.8. The van der Waals surface area contributed by atoms with E-state index in [1.54, 1.807) is 35.6 Å². The maximum atomic E-state index is 12.4. The molecule has 0 heterocycles. The molecule has 0 aromatic heterocycles. The zero-order valence-electron chi connectivity index (χ0n) is 10.3. The number of esters is 1. The van der Waals surface area contributed by atoms with Gasteiger partial charge in [-0.25, -0.2) is 0 Å². The first kappa shape index (κ1) is 16.6. The second-order valence-corrected chi connectivity index (χ2v) is 4.64. The molecule has 108 valence electrons. The fraction of sp³-hybridized carbons (Fsp3) is 0.333. The molecule has 0 atom stereocenters. The van der Waals surface area contributed by atoms with Crippen LogP contribution in [0.2, 0.25) is 0 Å². The van der Waals surface area contributed by atoms with E-state index in [2.05, 4.69) is 9.47 Å². The van der Waals surface area contributed by atoms with Crippen LogP contribution in [-0.2, 0) is 16.0 Å². The molecule has 20 heavy (non-hydrogen) atoms. The smallest absolute Gasteiger partial charge is 0.466 e. The van der Waals surface area contributed by atoms with E-state index in [4.69, 9.17) is 5.26 Å². The lowest BCUT2D eigenvalue weighted by Crippen LogP contribution is -2.20. The lowest BCUT2D eigenvalue weighted by atomic mass is 10.1. The molecule has 0 fully saturated rings. The van der Waals surface area contributed by atoms with E-state index in [1.807, 2.05) is 0 Å². The maximum Gasteiger partial charge on any atom is 0.573 e. The molecule has 0 amide bonds. The molecular formula is C12H9F3INO3. The molecule has 1 aromatic rings. The lowest BCUT2D eigenvalue weighted by Gasteiger charge is -2.15. The molecule has 1 rings (SSSR count). The van der Waals surface area contributed by atoms with Crippen LogP contribution in [0.1, 0.15) is 18.1 Å². The molecule has 0 aliphatic carbocycles. The van der Waals surface area contributed by atoms with Crippen molar-refractivity contribution in [3.63, 3.8) is 0 Å². The van der Waals surface area contributed by atoms with Gasteiger partial charge in [-0.3, -0.25) is 4.79 Å². The average Bonchev–Trinajstić information content (AvgIpc) is 2.33. The SMILES string of the molecule is CCOC(=O)Cc1ccc(C#N)c(I)c1OC(F)(F)F. The summed E-state index contributed by atoms with van der Waals surface area (Å²) < 4.78 is 45.8. The molecule has 4 nitrogen and oxygen atoms in total. The van der Waals surface area contributed by atoms with Crippen LogP contribution < -0.4 is 4.74 Å². The van der Waals surface area contributed by atoms with Crippen molar-refractivity contribution in [2.45, 2.75) is 19.7 Å². The van der Waals surface area contributed by atoms with Gasteiger partial charge in [0.05, 0.1) is 22.2 Å². The molecule has 1 aromatic carbocycles. The van der Waals surface area contributed by atoms with E-state index < -0.39 is 18.1 Å². The van der Waals surface area contributed by atoms with E-state index in [1.165, 1.54) is 12.1 Å². The second-order valence-electron chi connectivity index (χ2n) is 3.56. The Labute approximate surface area is 126 Å². The molecule has 0 unspecified atom stereocenters. The molecule has 0 saturated heterocycles. The van der Waals surface area contributed by atoms with E-state index in [9.17, 15) is 18.0 Å². The minimum Gasteiger partial charge on any atom is -0.466 e. The van der Waals surface area contributed by atoms with Crippen molar-refractivity contribution in [2.24, 2.45) is 0 Å². The average molecular weight is 399 g/mol. The van der Waals surface area contributed by atoms with Gasteiger partial charge in [-0.2, -0.15) is 5.26 Å². The summed E-state index contributed by atoms with van der Waals surface area (Å²) in [7, 11) is 0. The van der Waals surface area contributed by atoms with Gasteiger partial charge in [0.2, 0.25) is 0 Å². The Morgan fingerprint density at radius 1 is 1.45 bits per heavy atom. The van der Waals surface area contributed by atoms with Crippen LogP contribution in [-0.4, -0.2) is 18.9 Å². The second kappa shape index (κ2) is 6.78. The Bertz CT molecular complexity index is 552. The first-order chi connectivity index (χ1) is 9.28. The largest absolute Gasteiger partial charge is 0.573 e. The lowest BCUT2D eigenvalue weighted by molar-refractivity contribution is -0.275. The molecule has 0 saturated carbocycles. The number of nitrogens with zero attached hydrogens (tertiary/aromatic N) is 1. The van der Waals surface area contributed by atoms with Crippen molar-refractivity contribution in [3.05, 3.63) is 26.8 Å². The van der Waals surface area contributed by atoms with E-state index in [-0.39, 0.29) is 27.7 Å². The highest BCUT2D eigenvalue weighted by Crippen LogP contribution is 2.33. The number of nitriles is 1. The summed E-state index contributed by atoms with van der Waals surface area (Å²) in [5.41, 5.74) is 0.0571. The number of hydrogen-bond donors (Lipinski definition) is 0. The van der Waals surface area contributed by atoms with E-state index in [0.29, 0.717) is 0 Å². The minimum atomic E-state index is -4.91. The van der Waals surface area contributed by atoms with Crippen LogP contribution in [0.4, 0.5) is 13.2 Å². The van der Waals surface area contributed by atoms with Crippen molar-refractivity contribution in [1.29, 1.82) is 5.26 Å². The van der Waals surface area contributed by atoms with Crippen molar-refractivity contribution < 1.29 is 27.4 Å². The fourth-order valence-corrected chi connectivity index (χ4v) is 2.17. The maximum absolute atomic E-state index is 12.4. The predicted molar refractivity (Wildman–Crippen MR) is 70.9 cm³/mol. The van der Waals surface area contributed by atoms with Crippen LogP contribution in [0, 0.1) is 14.9 Å². The Kier molecular flexibility index (Phi) is 5.62. The highest BCUT2D eigenvalue weighted by Gasteiger charge is 2.34. The quantitative estimate of drug-likeness (QED) is 0.577. The van der Waals surface area contributed by atoms with Crippen molar-refractivity contribution in [3.8, 4) is 11.8 Å². The number of carbonyl (C=O) groups is 1. The Hall–Kier alpha value is -1.50. The van der Waals surface area contributed by atoms with Crippen LogP contribution in [0.25, 0.3) is 0 Å². The number of benzene rings is 1. The van der Waals surface area contributed by atoms with Crippen LogP contribution in [0.5, 0.6) is 5.75 Å². The number of hydrogen-bond acceptors (Lipinski definition) is 4.